The third-order valence-corrected chi connectivity index (χ3v) is 4.62. The van der Waals surface area contributed by atoms with Crippen LogP contribution in [0.1, 0.15) is 39.0 Å². The molecule has 150 valence electrons. The summed E-state index contributed by atoms with van der Waals surface area (Å²) < 4.78 is 114. The van der Waals surface area contributed by atoms with Crippen LogP contribution in [0.25, 0.3) is 0 Å². The van der Waals surface area contributed by atoms with E-state index in [4.69, 9.17) is 5.11 Å². The number of hydrogen-bond acceptors (Lipinski definition) is 2. The quantitative estimate of drug-likeness (QED) is 0.357. The molecular weight excluding hydrogens is 391 g/mol. The molecule has 0 aliphatic carbocycles. The van der Waals surface area contributed by atoms with Crippen LogP contribution in [0.15, 0.2) is 0 Å². The molecule has 25 heavy (non-hydrogen) atoms. The van der Waals surface area contributed by atoms with Gasteiger partial charge in [0.1, 0.15) is 5.25 Å². The van der Waals surface area contributed by atoms with Gasteiger partial charge in [0, 0.05) is 6.42 Å². The Morgan fingerprint density at radius 1 is 0.960 bits per heavy atom. The number of unbranched alkanes of at least 4 members (excludes halogenated alkanes) is 1. The van der Waals surface area contributed by atoms with Crippen LogP contribution in [-0.4, -0.2) is 46.0 Å². The van der Waals surface area contributed by atoms with Gasteiger partial charge in [0.25, 0.3) is 0 Å². The minimum atomic E-state index is -6.89. The Morgan fingerprint density at radius 2 is 1.48 bits per heavy atom. The lowest BCUT2D eigenvalue weighted by Crippen LogP contribution is -2.60. The van der Waals surface area contributed by atoms with Crippen molar-refractivity contribution in [2.45, 2.75) is 68.2 Å². The fraction of sp³-hybridized carbons (Fsp3) is 0.923. The highest BCUT2D eigenvalue weighted by Gasteiger charge is 2.81. The maximum atomic E-state index is 13.3. The molecule has 0 saturated carbocycles. The van der Waals surface area contributed by atoms with Crippen molar-refractivity contribution in [2.75, 3.05) is 5.75 Å². The number of aliphatic carboxylic acids is 1. The standard InChI is InChI=1S/C13H17F9O2S/c1-2-3-5-8(9(23)24)25-7-4-6-10(14,15)11(16,17)12(18,19)13(20,21)22/h8H,2-7H2,1H3,(H,23,24). The fourth-order valence-electron chi connectivity index (χ4n) is 1.75. The van der Waals surface area contributed by atoms with Gasteiger partial charge in [-0.2, -0.15) is 39.5 Å². The summed E-state index contributed by atoms with van der Waals surface area (Å²) in [6.45, 7) is 1.77. The third kappa shape index (κ3) is 5.85. The molecule has 1 N–H and O–H groups in total. The zero-order valence-corrected chi connectivity index (χ0v) is 13.8. The van der Waals surface area contributed by atoms with E-state index in [1.54, 1.807) is 6.92 Å². The lowest BCUT2D eigenvalue weighted by Gasteiger charge is -2.33. The molecule has 2 nitrogen and oxygen atoms in total. The molecular formula is C13H17F9O2S. The molecule has 0 aromatic heterocycles. The number of carboxylic acids is 1. The molecule has 0 heterocycles. The molecule has 12 heteroatoms. The van der Waals surface area contributed by atoms with Crippen LogP contribution in [0.3, 0.4) is 0 Å². The first-order valence-electron chi connectivity index (χ1n) is 7.16. The van der Waals surface area contributed by atoms with Crippen molar-refractivity contribution in [1.82, 2.24) is 0 Å². The first-order chi connectivity index (χ1) is 11.1. The van der Waals surface area contributed by atoms with E-state index in [2.05, 4.69) is 0 Å². The summed E-state index contributed by atoms with van der Waals surface area (Å²) in [5.41, 5.74) is 0. The van der Waals surface area contributed by atoms with Gasteiger partial charge in [-0.05, 0) is 18.6 Å². The number of thioether (sulfide) groups is 1. The molecule has 1 unspecified atom stereocenters. The molecule has 0 spiro atoms. The summed E-state index contributed by atoms with van der Waals surface area (Å²) in [5, 5.41) is 7.88. The number of rotatable bonds is 11. The third-order valence-electron chi connectivity index (χ3n) is 3.26. The Balaban J connectivity index is 4.79. The van der Waals surface area contributed by atoms with Gasteiger partial charge in [-0.15, -0.1) is 11.8 Å². The monoisotopic (exact) mass is 408 g/mol. The summed E-state index contributed by atoms with van der Waals surface area (Å²) in [5.74, 6) is -20.8. The Hall–Kier alpha value is -0.810. The van der Waals surface area contributed by atoms with Crippen molar-refractivity contribution in [3.8, 4) is 0 Å². The van der Waals surface area contributed by atoms with Crippen LogP contribution in [0.4, 0.5) is 39.5 Å². The van der Waals surface area contributed by atoms with Gasteiger partial charge in [0.15, 0.2) is 0 Å². The Kier molecular flexibility index (Phi) is 8.44. The number of halogens is 9. The van der Waals surface area contributed by atoms with Gasteiger partial charge in [-0.3, -0.25) is 4.79 Å². The maximum absolute atomic E-state index is 13.3. The summed E-state index contributed by atoms with van der Waals surface area (Å²) in [4.78, 5) is 10.9. The van der Waals surface area contributed by atoms with E-state index in [0.29, 0.717) is 24.6 Å². The zero-order valence-electron chi connectivity index (χ0n) is 13.0. The normalized spacial score (nSPS) is 15.3. The Morgan fingerprint density at radius 3 is 1.88 bits per heavy atom. The predicted octanol–water partition coefficient (Wildman–Crippen LogP) is 5.61. The highest BCUT2D eigenvalue weighted by Crippen LogP contribution is 2.54. The van der Waals surface area contributed by atoms with Gasteiger partial charge in [-0.25, -0.2) is 0 Å². The number of carboxylic acid groups (broad SMARTS) is 1. The van der Waals surface area contributed by atoms with Crippen molar-refractivity contribution in [3.05, 3.63) is 0 Å². The summed E-state index contributed by atoms with van der Waals surface area (Å²) in [6, 6.07) is 0. The molecule has 0 rings (SSSR count). The largest absolute Gasteiger partial charge is 0.480 e. The van der Waals surface area contributed by atoms with Gasteiger partial charge in [-0.1, -0.05) is 19.8 Å². The van der Waals surface area contributed by atoms with E-state index in [-0.39, 0.29) is 6.42 Å². The second kappa shape index (κ2) is 8.72. The molecule has 0 aliphatic rings. The van der Waals surface area contributed by atoms with Gasteiger partial charge in [0.2, 0.25) is 0 Å². The lowest BCUT2D eigenvalue weighted by atomic mass is 10.00. The van der Waals surface area contributed by atoms with Crippen LogP contribution in [0, 0.1) is 0 Å². The Labute approximate surface area is 142 Å². The highest BCUT2D eigenvalue weighted by molar-refractivity contribution is 8.00. The molecule has 0 aliphatic heterocycles. The second-order valence-corrected chi connectivity index (χ2v) is 6.61. The first kappa shape index (κ1) is 24.2. The van der Waals surface area contributed by atoms with E-state index in [9.17, 15) is 44.3 Å². The molecule has 0 aromatic carbocycles. The van der Waals surface area contributed by atoms with Crippen molar-refractivity contribution in [3.63, 3.8) is 0 Å². The van der Waals surface area contributed by atoms with Crippen molar-refractivity contribution >= 4 is 17.7 Å². The van der Waals surface area contributed by atoms with Crippen molar-refractivity contribution in [1.29, 1.82) is 0 Å². The summed E-state index contributed by atoms with van der Waals surface area (Å²) in [6.07, 6.45) is -8.26. The van der Waals surface area contributed by atoms with Crippen LogP contribution in [-0.2, 0) is 4.79 Å². The van der Waals surface area contributed by atoms with Gasteiger partial charge >= 0.3 is 29.9 Å². The van der Waals surface area contributed by atoms with E-state index in [1.165, 1.54) is 0 Å². The molecule has 0 radical (unpaired) electrons. The first-order valence-corrected chi connectivity index (χ1v) is 8.21. The van der Waals surface area contributed by atoms with Crippen molar-refractivity contribution in [2.24, 2.45) is 0 Å². The molecule has 0 saturated heterocycles. The number of carbonyl (C=O) groups is 1. The molecule has 0 bridgehead atoms. The van der Waals surface area contributed by atoms with Gasteiger partial charge in [0.05, 0.1) is 0 Å². The van der Waals surface area contributed by atoms with E-state index < -0.39 is 53.8 Å². The SMILES string of the molecule is CCCCC(SCCCC(F)(F)C(F)(F)C(F)(F)C(F)(F)F)C(=O)O. The molecule has 0 amide bonds. The zero-order chi connectivity index (χ0) is 20.1. The summed E-state index contributed by atoms with van der Waals surface area (Å²) in [7, 11) is 0. The van der Waals surface area contributed by atoms with Crippen molar-refractivity contribution < 1.29 is 49.4 Å². The number of alkyl halides is 9. The lowest BCUT2D eigenvalue weighted by molar-refractivity contribution is -0.396. The van der Waals surface area contributed by atoms with E-state index in [1.807, 2.05) is 0 Å². The minimum Gasteiger partial charge on any atom is -0.480 e. The van der Waals surface area contributed by atoms with E-state index >= 15 is 0 Å². The van der Waals surface area contributed by atoms with Crippen LogP contribution < -0.4 is 0 Å². The average molecular weight is 408 g/mol. The minimum absolute atomic E-state index is 0.190. The highest BCUT2D eigenvalue weighted by atomic mass is 32.2. The fourth-order valence-corrected chi connectivity index (χ4v) is 2.82. The maximum Gasteiger partial charge on any atom is 0.460 e. The Bertz CT molecular complexity index is 438. The van der Waals surface area contributed by atoms with Crippen LogP contribution in [0.5, 0.6) is 0 Å². The number of hydrogen-bond donors (Lipinski definition) is 1. The molecule has 0 aromatic rings. The predicted molar refractivity (Wildman–Crippen MR) is 73.5 cm³/mol. The topological polar surface area (TPSA) is 37.3 Å². The van der Waals surface area contributed by atoms with Gasteiger partial charge < -0.3 is 5.11 Å². The molecule has 0 fully saturated rings. The average Bonchev–Trinajstić information content (AvgIpc) is 2.44. The molecule has 1 atom stereocenters. The summed E-state index contributed by atoms with van der Waals surface area (Å²) >= 11 is 0.646. The van der Waals surface area contributed by atoms with Crippen LogP contribution >= 0.6 is 11.8 Å². The smallest absolute Gasteiger partial charge is 0.460 e. The van der Waals surface area contributed by atoms with Crippen LogP contribution in [0.2, 0.25) is 0 Å². The second-order valence-electron chi connectivity index (χ2n) is 5.29. The van der Waals surface area contributed by atoms with E-state index in [0.717, 1.165) is 0 Å².